The van der Waals surface area contributed by atoms with E-state index >= 15 is 0 Å². The van der Waals surface area contributed by atoms with E-state index in [0.29, 0.717) is 0 Å². The summed E-state index contributed by atoms with van der Waals surface area (Å²) in [6.45, 7) is 1.59. The van der Waals surface area contributed by atoms with Gasteiger partial charge in [0.2, 0.25) is 0 Å². The summed E-state index contributed by atoms with van der Waals surface area (Å²) in [5.74, 6) is 0. The van der Waals surface area contributed by atoms with Crippen LogP contribution >= 0.6 is 12.6 Å². The molecule has 10 heavy (non-hydrogen) atoms. The maximum atomic E-state index is 7.92. The van der Waals surface area contributed by atoms with E-state index in [1.54, 1.807) is 6.92 Å². The SMILES string of the molecule is C1=C[CH]=[Tl][CH]=C1.CC(O)S. The Kier molecular flexibility index (Phi) is 8.13. The molecule has 1 heterocycles. The number of hydrogen-bond donors (Lipinski definition) is 2. The zero-order valence-corrected chi connectivity index (χ0v) is 11.3. The van der Waals surface area contributed by atoms with Crippen LogP contribution in [0.1, 0.15) is 6.92 Å². The fourth-order valence-electron chi connectivity index (χ4n) is 0.385. The van der Waals surface area contributed by atoms with E-state index in [4.69, 9.17) is 5.11 Å². The van der Waals surface area contributed by atoms with Crippen molar-refractivity contribution < 1.29 is 5.11 Å². The van der Waals surface area contributed by atoms with Crippen molar-refractivity contribution in [2.45, 2.75) is 12.4 Å². The summed E-state index contributed by atoms with van der Waals surface area (Å²) < 4.78 is 4.67. The molecule has 0 aromatic rings. The Balaban J connectivity index is 0.000000180. The maximum Gasteiger partial charge on any atom is 0.0936 e. The molecule has 1 unspecified atom stereocenters. The molecule has 0 aromatic heterocycles. The van der Waals surface area contributed by atoms with Crippen LogP contribution in [0.15, 0.2) is 21.9 Å². The van der Waals surface area contributed by atoms with Gasteiger partial charge in [0.05, 0.1) is 5.44 Å². The van der Waals surface area contributed by atoms with Gasteiger partial charge in [-0.2, -0.15) is 0 Å². The molecule has 0 aliphatic carbocycles. The minimum Gasteiger partial charge on any atom is -0.383 e. The summed E-state index contributed by atoms with van der Waals surface area (Å²) in [5, 5.41) is 7.92. The van der Waals surface area contributed by atoms with Crippen molar-refractivity contribution in [3.63, 3.8) is 0 Å². The second-order valence-electron chi connectivity index (χ2n) is 1.79. The van der Waals surface area contributed by atoms with Crippen molar-refractivity contribution in [1.82, 2.24) is 0 Å². The second kappa shape index (κ2) is 7.69. The molecular weight excluding hydrogens is 337 g/mol. The van der Waals surface area contributed by atoms with E-state index < -0.39 is 5.44 Å². The molecule has 0 spiro atoms. The van der Waals surface area contributed by atoms with Crippen LogP contribution < -0.4 is 0 Å². The topological polar surface area (TPSA) is 20.2 Å². The van der Waals surface area contributed by atoms with Gasteiger partial charge >= 0.3 is 49.2 Å². The Labute approximate surface area is 78.9 Å². The first-order valence-corrected chi connectivity index (χ1v) is 8.79. The molecule has 1 aliphatic rings. The van der Waals surface area contributed by atoms with Gasteiger partial charge in [-0.15, -0.1) is 12.6 Å². The van der Waals surface area contributed by atoms with Gasteiger partial charge in [0.1, 0.15) is 0 Å². The van der Waals surface area contributed by atoms with Gasteiger partial charge in [-0.3, -0.25) is 0 Å². The molecule has 1 atom stereocenters. The van der Waals surface area contributed by atoms with Gasteiger partial charge in [0.25, 0.3) is 0 Å². The van der Waals surface area contributed by atoms with Crippen molar-refractivity contribution in [2.24, 2.45) is 0 Å². The van der Waals surface area contributed by atoms with E-state index in [9.17, 15) is 0 Å². The van der Waals surface area contributed by atoms with Crippen LogP contribution in [0.5, 0.6) is 0 Å². The van der Waals surface area contributed by atoms with E-state index in [1.165, 1.54) is 0 Å². The third-order valence-electron chi connectivity index (χ3n) is 0.667. The Bertz CT molecular complexity index is 111. The molecule has 1 nitrogen and oxygen atoms in total. The summed E-state index contributed by atoms with van der Waals surface area (Å²) in [5.41, 5.74) is -0.472. The summed E-state index contributed by atoms with van der Waals surface area (Å²) >= 11 is 3.14. The number of aliphatic hydroxyl groups is 1. The predicted octanol–water partition coefficient (Wildman–Crippen LogP) is 0.831. The zero-order chi connectivity index (χ0) is 7.82. The van der Waals surface area contributed by atoms with Gasteiger partial charge in [-0.05, 0) is 6.92 Å². The first-order chi connectivity index (χ1) is 4.73. The predicted molar refractivity (Wildman–Crippen MR) is 50.8 cm³/mol. The fraction of sp³-hybridized carbons (Fsp3) is 0.286. The normalized spacial score (nSPS) is 15.1. The molecular formula is C7H11OSTl. The summed E-state index contributed by atoms with van der Waals surface area (Å²) in [6.07, 6.45) is 6.38. The van der Waals surface area contributed by atoms with Crippen LogP contribution in [-0.2, 0) is 0 Å². The van der Waals surface area contributed by atoms with Gasteiger partial charge in [-0.1, -0.05) is 0 Å². The van der Waals surface area contributed by atoms with Crippen molar-refractivity contribution in [3.8, 4) is 0 Å². The van der Waals surface area contributed by atoms with E-state index in [-0.39, 0.29) is 23.7 Å². The second-order valence-corrected chi connectivity index (χ2v) is 7.02. The Morgan fingerprint density at radius 1 is 1.40 bits per heavy atom. The van der Waals surface area contributed by atoms with E-state index in [2.05, 4.69) is 38.1 Å². The van der Waals surface area contributed by atoms with Crippen molar-refractivity contribution >= 4 is 39.9 Å². The summed E-state index contributed by atoms with van der Waals surface area (Å²) in [4.78, 5) is 0. The molecule has 1 N–H and O–H groups in total. The van der Waals surface area contributed by atoms with Crippen molar-refractivity contribution in [3.05, 3.63) is 21.9 Å². The van der Waals surface area contributed by atoms with Crippen LogP contribution in [0.2, 0.25) is 0 Å². The maximum absolute atomic E-state index is 7.92. The molecule has 0 aromatic carbocycles. The molecule has 0 saturated carbocycles. The van der Waals surface area contributed by atoms with Crippen molar-refractivity contribution in [2.75, 3.05) is 0 Å². The number of allylic oxidation sites excluding steroid dienone is 3. The Morgan fingerprint density at radius 3 is 2.10 bits per heavy atom. The standard InChI is InChI=1S/C5H5.C2H6OS.Tl/c1-3-5-4-2;1-2(3)4;/h1-5H;2-4H,1H3;. The summed E-state index contributed by atoms with van der Waals surface area (Å²) in [7, 11) is 0. The van der Waals surface area contributed by atoms with E-state index in [0.717, 1.165) is 0 Å². The summed E-state index contributed by atoms with van der Waals surface area (Å²) in [6, 6.07) is 0. The van der Waals surface area contributed by atoms with Crippen LogP contribution in [0.25, 0.3) is 0 Å². The molecule has 1 aliphatic heterocycles. The number of rotatable bonds is 0. The zero-order valence-electron chi connectivity index (χ0n) is 5.94. The molecule has 0 amide bonds. The molecule has 3 heteroatoms. The first-order valence-electron chi connectivity index (χ1n) is 3.09. The van der Waals surface area contributed by atoms with Gasteiger partial charge in [-0.25, -0.2) is 0 Å². The van der Waals surface area contributed by atoms with Crippen LogP contribution in [0.3, 0.4) is 0 Å². The van der Waals surface area contributed by atoms with Crippen LogP contribution in [0.4, 0.5) is 0 Å². The first kappa shape index (κ1) is 10.6. The van der Waals surface area contributed by atoms with Gasteiger partial charge in [0.15, 0.2) is 0 Å². The molecule has 54 valence electrons. The van der Waals surface area contributed by atoms with Crippen molar-refractivity contribution in [1.29, 1.82) is 0 Å². The molecule has 0 radical (unpaired) electrons. The monoisotopic (exact) mass is 348 g/mol. The molecule has 0 saturated heterocycles. The average molecular weight is 348 g/mol. The largest absolute Gasteiger partial charge is 0.383 e. The molecule has 0 bridgehead atoms. The minimum atomic E-state index is -0.472. The fourth-order valence-corrected chi connectivity index (χ4v) is 2.88. The third-order valence-corrected chi connectivity index (χ3v) is 4.12. The van der Waals surface area contributed by atoms with Crippen LogP contribution in [-0.4, -0.2) is 37.8 Å². The molecule has 1 rings (SSSR count). The number of thiol groups is 1. The smallest absolute Gasteiger partial charge is 0.0936 e. The van der Waals surface area contributed by atoms with Gasteiger partial charge in [0, 0.05) is 0 Å². The quantitative estimate of drug-likeness (QED) is 0.378. The number of aliphatic hydroxyl groups excluding tert-OH is 1. The third kappa shape index (κ3) is 11.4. The van der Waals surface area contributed by atoms with E-state index in [1.807, 2.05) is 0 Å². The average Bonchev–Trinajstić information content (AvgIpc) is 1.90. The Morgan fingerprint density at radius 2 is 2.00 bits per heavy atom. The van der Waals surface area contributed by atoms with Crippen LogP contribution in [0, 0.1) is 0 Å². The molecule has 0 fully saturated rings. The Hall–Kier alpha value is 0.582. The number of hydrogen-bond acceptors (Lipinski definition) is 2. The minimum absolute atomic E-state index is 0.380. The van der Waals surface area contributed by atoms with Gasteiger partial charge < -0.3 is 5.11 Å².